The maximum absolute atomic E-state index is 12.3. The fraction of sp³-hybridized carbons (Fsp3) is 0.235. The predicted octanol–water partition coefficient (Wildman–Crippen LogP) is 0.154. The first kappa shape index (κ1) is 17.3. The third-order valence-corrected chi connectivity index (χ3v) is 3.97. The lowest BCUT2D eigenvalue weighted by Gasteiger charge is -2.09. The molecular weight excluding hydrogens is 336 g/mol. The second kappa shape index (κ2) is 7.18. The minimum absolute atomic E-state index is 0.272. The van der Waals surface area contributed by atoms with E-state index in [1.165, 1.54) is 17.2 Å². The van der Waals surface area contributed by atoms with Gasteiger partial charge in [-0.25, -0.2) is 4.98 Å². The number of carbonyl (C=O) groups is 2. The number of benzene rings is 1. The summed E-state index contributed by atoms with van der Waals surface area (Å²) < 4.78 is 2.63. The summed E-state index contributed by atoms with van der Waals surface area (Å²) in [7, 11) is 1.67. The Kier molecular flexibility index (Phi) is 4.78. The molecule has 2 aromatic heterocycles. The highest BCUT2D eigenvalue weighted by molar-refractivity contribution is 5.95. The number of aryl methyl sites for hydroxylation is 2. The molecule has 134 valence electrons. The minimum atomic E-state index is -0.546. The van der Waals surface area contributed by atoms with E-state index in [1.54, 1.807) is 19.2 Å². The Bertz CT molecular complexity index is 1020. The fourth-order valence-electron chi connectivity index (χ4n) is 2.46. The Morgan fingerprint density at radius 2 is 1.88 bits per heavy atom. The predicted molar refractivity (Wildman–Crippen MR) is 94.2 cm³/mol. The third kappa shape index (κ3) is 3.46. The summed E-state index contributed by atoms with van der Waals surface area (Å²) >= 11 is 0. The van der Waals surface area contributed by atoms with Crippen molar-refractivity contribution in [3.63, 3.8) is 0 Å². The molecule has 0 aliphatic carbocycles. The van der Waals surface area contributed by atoms with Crippen LogP contribution < -0.4 is 16.4 Å². The molecule has 2 heterocycles. The molecule has 0 saturated heterocycles. The van der Waals surface area contributed by atoms with Gasteiger partial charge >= 0.3 is 0 Å². The molecule has 1 aromatic carbocycles. The Morgan fingerprint density at radius 3 is 2.58 bits per heavy atom. The van der Waals surface area contributed by atoms with Crippen molar-refractivity contribution in [2.24, 2.45) is 7.05 Å². The second-order valence-electron chi connectivity index (χ2n) is 5.74. The molecule has 0 aliphatic rings. The number of hydrazine groups is 1. The number of hydrogen-bond donors (Lipinski definition) is 2. The van der Waals surface area contributed by atoms with Crippen LogP contribution in [0.5, 0.6) is 0 Å². The summed E-state index contributed by atoms with van der Waals surface area (Å²) in [6.45, 7) is 1.75. The topological polar surface area (TPSA) is 111 Å². The van der Waals surface area contributed by atoms with Crippen molar-refractivity contribution in [3.05, 3.63) is 58.3 Å². The number of hydrogen-bond acceptors (Lipinski definition) is 5. The Hall–Kier alpha value is -3.49. The van der Waals surface area contributed by atoms with Gasteiger partial charge in [-0.2, -0.15) is 5.10 Å². The van der Waals surface area contributed by atoms with Crippen LogP contribution in [0.15, 0.2) is 41.6 Å². The molecule has 3 rings (SSSR count). The van der Waals surface area contributed by atoms with Gasteiger partial charge in [0.1, 0.15) is 18.3 Å². The summed E-state index contributed by atoms with van der Waals surface area (Å²) in [6.07, 6.45) is 3.56. The zero-order chi connectivity index (χ0) is 18.7. The van der Waals surface area contributed by atoms with E-state index < -0.39 is 11.8 Å². The average molecular weight is 354 g/mol. The van der Waals surface area contributed by atoms with Gasteiger partial charge in [0, 0.05) is 12.6 Å². The SMILES string of the molecule is CCc1ccc(C(=O)NNC(=O)Cn2cnc3c(cnn3C)c2=O)cc1. The highest BCUT2D eigenvalue weighted by atomic mass is 16.2. The number of amides is 2. The molecule has 26 heavy (non-hydrogen) atoms. The molecule has 0 unspecified atom stereocenters. The normalized spacial score (nSPS) is 10.7. The zero-order valence-corrected chi connectivity index (χ0v) is 14.4. The summed E-state index contributed by atoms with van der Waals surface area (Å²) in [5, 5.41) is 4.29. The quantitative estimate of drug-likeness (QED) is 0.648. The number of carbonyl (C=O) groups excluding carboxylic acids is 2. The van der Waals surface area contributed by atoms with Crippen molar-refractivity contribution in [2.45, 2.75) is 19.9 Å². The van der Waals surface area contributed by atoms with Crippen LogP contribution in [0.3, 0.4) is 0 Å². The van der Waals surface area contributed by atoms with Gasteiger partial charge in [-0.15, -0.1) is 0 Å². The van der Waals surface area contributed by atoms with Crippen LogP contribution in [0, 0.1) is 0 Å². The van der Waals surface area contributed by atoms with E-state index in [0.29, 0.717) is 16.6 Å². The van der Waals surface area contributed by atoms with Gasteiger partial charge in [0.2, 0.25) is 0 Å². The molecular formula is C17H18N6O3. The van der Waals surface area contributed by atoms with Gasteiger partial charge in [0.25, 0.3) is 17.4 Å². The molecule has 0 atom stereocenters. The standard InChI is InChI=1S/C17H18N6O3/c1-3-11-4-6-12(7-5-11)16(25)21-20-14(24)9-23-10-18-15-13(17(23)26)8-19-22(15)2/h4-8,10H,3,9H2,1-2H3,(H,20,24)(H,21,25). The van der Waals surface area contributed by atoms with E-state index in [0.717, 1.165) is 16.6 Å². The largest absolute Gasteiger partial charge is 0.289 e. The van der Waals surface area contributed by atoms with Gasteiger partial charge in [-0.05, 0) is 24.1 Å². The first-order chi connectivity index (χ1) is 12.5. The van der Waals surface area contributed by atoms with Gasteiger partial charge in [0.05, 0.1) is 6.20 Å². The van der Waals surface area contributed by atoms with Crippen LogP contribution in [0.2, 0.25) is 0 Å². The second-order valence-corrected chi connectivity index (χ2v) is 5.74. The van der Waals surface area contributed by atoms with E-state index >= 15 is 0 Å². The zero-order valence-electron chi connectivity index (χ0n) is 14.4. The first-order valence-electron chi connectivity index (χ1n) is 8.05. The van der Waals surface area contributed by atoms with E-state index in [1.807, 2.05) is 19.1 Å². The summed E-state index contributed by atoms with van der Waals surface area (Å²) in [5.74, 6) is -0.982. The smallest absolute Gasteiger partial charge is 0.269 e. The van der Waals surface area contributed by atoms with E-state index in [9.17, 15) is 14.4 Å². The molecule has 0 fully saturated rings. The molecule has 0 radical (unpaired) electrons. The van der Waals surface area contributed by atoms with Crippen LogP contribution in [0.25, 0.3) is 11.0 Å². The first-order valence-corrected chi connectivity index (χ1v) is 8.05. The van der Waals surface area contributed by atoms with Crippen molar-refractivity contribution < 1.29 is 9.59 Å². The fourth-order valence-corrected chi connectivity index (χ4v) is 2.46. The van der Waals surface area contributed by atoms with Crippen LogP contribution in [-0.4, -0.2) is 31.1 Å². The van der Waals surface area contributed by atoms with E-state index in [4.69, 9.17) is 0 Å². The lowest BCUT2D eigenvalue weighted by Crippen LogP contribution is -2.44. The average Bonchev–Trinajstić information content (AvgIpc) is 3.04. The summed E-state index contributed by atoms with van der Waals surface area (Å²) in [6, 6.07) is 7.08. The van der Waals surface area contributed by atoms with Crippen molar-refractivity contribution in [1.29, 1.82) is 0 Å². The molecule has 9 nitrogen and oxygen atoms in total. The molecule has 3 aromatic rings. The molecule has 2 amide bonds. The van der Waals surface area contributed by atoms with Crippen LogP contribution >= 0.6 is 0 Å². The molecule has 0 saturated carbocycles. The summed E-state index contributed by atoms with van der Waals surface area (Å²) in [4.78, 5) is 40.4. The number of fused-ring (bicyclic) bond motifs is 1. The van der Waals surface area contributed by atoms with Gasteiger partial charge in [0.15, 0.2) is 5.65 Å². The Morgan fingerprint density at radius 1 is 1.15 bits per heavy atom. The maximum atomic E-state index is 12.3. The van der Waals surface area contributed by atoms with Crippen LogP contribution in [0.1, 0.15) is 22.8 Å². The highest BCUT2D eigenvalue weighted by Gasteiger charge is 2.12. The number of aromatic nitrogens is 4. The van der Waals surface area contributed by atoms with Crippen molar-refractivity contribution in [2.75, 3.05) is 0 Å². The third-order valence-electron chi connectivity index (χ3n) is 3.97. The monoisotopic (exact) mass is 354 g/mol. The van der Waals surface area contributed by atoms with Crippen LogP contribution in [-0.2, 0) is 24.8 Å². The van der Waals surface area contributed by atoms with Crippen molar-refractivity contribution in [3.8, 4) is 0 Å². The molecule has 9 heteroatoms. The van der Waals surface area contributed by atoms with Crippen LogP contribution in [0.4, 0.5) is 0 Å². The van der Waals surface area contributed by atoms with E-state index in [-0.39, 0.29) is 12.1 Å². The Labute approximate surface area is 148 Å². The number of nitrogens with zero attached hydrogens (tertiary/aromatic N) is 4. The molecule has 0 aliphatic heterocycles. The van der Waals surface area contributed by atoms with Gasteiger partial charge < -0.3 is 0 Å². The minimum Gasteiger partial charge on any atom is -0.289 e. The number of rotatable bonds is 4. The summed E-state index contributed by atoms with van der Waals surface area (Å²) in [5.41, 5.74) is 6.23. The maximum Gasteiger partial charge on any atom is 0.269 e. The number of nitrogens with one attached hydrogen (secondary N) is 2. The van der Waals surface area contributed by atoms with E-state index in [2.05, 4.69) is 20.9 Å². The highest BCUT2D eigenvalue weighted by Crippen LogP contribution is 2.05. The molecule has 0 spiro atoms. The van der Waals surface area contributed by atoms with Crippen molar-refractivity contribution in [1.82, 2.24) is 30.2 Å². The lowest BCUT2D eigenvalue weighted by atomic mass is 10.1. The van der Waals surface area contributed by atoms with Gasteiger partial charge in [-0.1, -0.05) is 19.1 Å². The molecule has 2 N–H and O–H groups in total. The lowest BCUT2D eigenvalue weighted by molar-refractivity contribution is -0.122. The molecule has 0 bridgehead atoms. The van der Waals surface area contributed by atoms with Crippen molar-refractivity contribution >= 4 is 22.8 Å². The van der Waals surface area contributed by atoms with Gasteiger partial charge in [-0.3, -0.25) is 34.5 Å². The Balaban J connectivity index is 1.63.